The second kappa shape index (κ2) is 2.83. The van der Waals surface area contributed by atoms with Crippen LogP contribution in [0.4, 0.5) is 0 Å². The Morgan fingerprint density at radius 2 is 1.57 bits per heavy atom. The van der Waals surface area contributed by atoms with Gasteiger partial charge in [-0.1, -0.05) is 12.2 Å². The lowest BCUT2D eigenvalue weighted by Crippen LogP contribution is -2.35. The van der Waals surface area contributed by atoms with Gasteiger partial charge < -0.3 is 0 Å². The van der Waals surface area contributed by atoms with Crippen LogP contribution in [0.15, 0.2) is 12.2 Å². The third-order valence-electron chi connectivity index (χ3n) is 2.98. The van der Waals surface area contributed by atoms with E-state index in [1.165, 1.54) is 0 Å². The van der Waals surface area contributed by atoms with Crippen molar-refractivity contribution in [2.45, 2.75) is 50.4 Å². The zero-order valence-corrected chi connectivity index (χ0v) is 9.71. The van der Waals surface area contributed by atoms with Gasteiger partial charge in [-0.25, -0.2) is 8.42 Å². The molecule has 0 amide bonds. The topological polar surface area (TPSA) is 37.1 Å². The van der Waals surface area contributed by atoms with Crippen molar-refractivity contribution < 1.29 is 8.42 Å². The van der Waals surface area contributed by atoms with Crippen LogP contribution in [-0.2, 0) is 10.0 Å². The average Bonchev–Trinajstić information content (AvgIpc) is 2.75. The maximum absolute atomic E-state index is 12.1. The van der Waals surface area contributed by atoms with Gasteiger partial charge in [-0.15, -0.1) is 0 Å². The summed E-state index contributed by atoms with van der Waals surface area (Å²) >= 11 is 0. The summed E-state index contributed by atoms with van der Waals surface area (Å²) in [6.07, 6.45) is 5.94. The molecule has 80 valence electrons. The number of rotatable bonds is 1. The number of nitrogens with zero attached hydrogens (tertiary/aromatic N) is 1. The molecule has 1 saturated heterocycles. The van der Waals surface area contributed by atoms with Crippen LogP contribution in [0, 0.1) is 0 Å². The van der Waals surface area contributed by atoms with Crippen molar-refractivity contribution in [2.24, 2.45) is 0 Å². The first-order chi connectivity index (χ1) is 6.36. The number of sulfonamides is 1. The minimum atomic E-state index is -3.09. The molecule has 3 nitrogen and oxygen atoms in total. The fraction of sp³-hybridized carbons (Fsp3) is 0.800. The molecule has 2 unspecified atom stereocenters. The monoisotopic (exact) mass is 215 g/mol. The molecule has 0 spiro atoms. The van der Waals surface area contributed by atoms with E-state index in [1.54, 1.807) is 25.1 Å². The molecule has 2 rings (SSSR count). The van der Waals surface area contributed by atoms with Gasteiger partial charge in [-0.3, -0.25) is 0 Å². The Hall–Kier alpha value is -0.350. The number of hydrogen-bond acceptors (Lipinski definition) is 2. The van der Waals surface area contributed by atoms with E-state index >= 15 is 0 Å². The van der Waals surface area contributed by atoms with E-state index in [0.717, 1.165) is 12.8 Å². The van der Waals surface area contributed by atoms with Crippen LogP contribution in [0.3, 0.4) is 0 Å². The van der Waals surface area contributed by atoms with Crippen LogP contribution in [0.2, 0.25) is 0 Å². The summed E-state index contributed by atoms with van der Waals surface area (Å²) in [5.41, 5.74) is 0. The maximum atomic E-state index is 12.1. The largest absolute Gasteiger partial charge is 0.219 e. The van der Waals surface area contributed by atoms with Crippen molar-refractivity contribution in [3.8, 4) is 0 Å². The summed E-state index contributed by atoms with van der Waals surface area (Å²) in [6, 6.07) is 0.508. The summed E-state index contributed by atoms with van der Waals surface area (Å²) in [5.74, 6) is 0. The predicted octanol–water partition coefficient (Wildman–Crippen LogP) is 1.52. The third-order valence-corrected chi connectivity index (χ3v) is 5.63. The first-order valence-corrected chi connectivity index (χ1v) is 6.48. The van der Waals surface area contributed by atoms with Crippen molar-refractivity contribution >= 4 is 10.0 Å². The molecule has 1 aliphatic carbocycles. The summed E-state index contributed by atoms with van der Waals surface area (Å²) in [6.45, 7) is 5.29. The van der Waals surface area contributed by atoms with Gasteiger partial charge in [0.25, 0.3) is 0 Å². The fourth-order valence-electron chi connectivity index (χ4n) is 1.98. The zero-order valence-electron chi connectivity index (χ0n) is 8.90. The first-order valence-electron chi connectivity index (χ1n) is 5.04. The van der Waals surface area contributed by atoms with E-state index in [4.69, 9.17) is 0 Å². The van der Waals surface area contributed by atoms with E-state index in [2.05, 4.69) is 12.2 Å². The molecule has 1 aliphatic heterocycles. The highest BCUT2D eigenvalue weighted by Crippen LogP contribution is 2.43. The van der Waals surface area contributed by atoms with Gasteiger partial charge in [0.2, 0.25) is 10.0 Å². The average molecular weight is 215 g/mol. The molecule has 2 atom stereocenters. The van der Waals surface area contributed by atoms with Crippen molar-refractivity contribution in [3.05, 3.63) is 12.2 Å². The molecule has 0 N–H and O–H groups in total. The Balaban J connectivity index is 2.21. The molecule has 0 aromatic heterocycles. The second-order valence-electron chi connectivity index (χ2n) is 5.02. The minimum absolute atomic E-state index is 0.254. The zero-order chi connectivity index (χ0) is 10.6. The fourth-order valence-corrected chi connectivity index (χ4v) is 3.72. The number of hydrogen-bond donors (Lipinski definition) is 0. The maximum Gasteiger partial charge on any atom is 0.219 e. The molecular weight excluding hydrogens is 198 g/mol. The van der Waals surface area contributed by atoms with Crippen LogP contribution in [0.5, 0.6) is 0 Å². The molecular formula is C10H17NO2S. The number of fused-ring (bicyclic) bond motifs is 1. The Morgan fingerprint density at radius 1 is 1.14 bits per heavy atom. The van der Waals surface area contributed by atoms with Crippen LogP contribution in [0.25, 0.3) is 0 Å². The van der Waals surface area contributed by atoms with E-state index in [9.17, 15) is 8.42 Å². The summed E-state index contributed by atoms with van der Waals surface area (Å²) in [7, 11) is -3.09. The van der Waals surface area contributed by atoms with Gasteiger partial charge in [-0.05, 0) is 33.6 Å². The van der Waals surface area contributed by atoms with E-state index in [-0.39, 0.29) is 12.1 Å². The summed E-state index contributed by atoms with van der Waals surface area (Å²) in [4.78, 5) is 0. The highest BCUT2D eigenvalue weighted by atomic mass is 32.2. The van der Waals surface area contributed by atoms with Crippen LogP contribution in [-0.4, -0.2) is 29.6 Å². The molecule has 14 heavy (non-hydrogen) atoms. The van der Waals surface area contributed by atoms with Gasteiger partial charge in [0.05, 0.1) is 4.75 Å². The van der Waals surface area contributed by atoms with Crippen molar-refractivity contribution in [2.75, 3.05) is 0 Å². The quantitative estimate of drug-likeness (QED) is 0.491. The standard InChI is InChI=1S/C10H17NO2S/c1-10(2,3)14(12,13)11-8-6-4-5-7-9(8)11/h4-5,8-9H,6-7H2,1-3H3. The summed E-state index contributed by atoms with van der Waals surface area (Å²) in [5, 5.41) is 0. The highest BCUT2D eigenvalue weighted by molar-refractivity contribution is 7.90. The molecule has 0 aromatic rings. The van der Waals surface area contributed by atoms with Gasteiger partial charge >= 0.3 is 0 Å². The lowest BCUT2D eigenvalue weighted by atomic mass is 10.1. The van der Waals surface area contributed by atoms with Gasteiger partial charge in [-0.2, -0.15) is 4.31 Å². The Morgan fingerprint density at radius 3 is 1.93 bits per heavy atom. The van der Waals surface area contributed by atoms with Crippen LogP contribution < -0.4 is 0 Å². The van der Waals surface area contributed by atoms with Gasteiger partial charge in [0, 0.05) is 12.1 Å². The van der Waals surface area contributed by atoms with Crippen molar-refractivity contribution in [1.29, 1.82) is 0 Å². The van der Waals surface area contributed by atoms with Crippen molar-refractivity contribution in [1.82, 2.24) is 4.31 Å². The van der Waals surface area contributed by atoms with Gasteiger partial charge in [0.1, 0.15) is 0 Å². The van der Waals surface area contributed by atoms with Crippen molar-refractivity contribution in [3.63, 3.8) is 0 Å². The third kappa shape index (κ3) is 1.32. The minimum Gasteiger partial charge on any atom is -0.212 e. The first kappa shape index (κ1) is 10.2. The van der Waals surface area contributed by atoms with E-state index < -0.39 is 14.8 Å². The predicted molar refractivity (Wildman–Crippen MR) is 56.5 cm³/mol. The molecule has 0 bridgehead atoms. The molecule has 0 saturated carbocycles. The van der Waals surface area contributed by atoms with Crippen LogP contribution >= 0.6 is 0 Å². The lowest BCUT2D eigenvalue weighted by molar-refractivity contribution is 0.510. The van der Waals surface area contributed by atoms with E-state index in [1.807, 2.05) is 0 Å². The normalized spacial score (nSPS) is 36.6. The Bertz CT molecular complexity index is 350. The molecule has 0 aromatic carbocycles. The van der Waals surface area contributed by atoms with Crippen LogP contribution in [0.1, 0.15) is 33.6 Å². The summed E-state index contributed by atoms with van der Waals surface area (Å²) < 4.78 is 25.2. The molecule has 1 heterocycles. The molecule has 2 aliphatic rings. The molecule has 1 fully saturated rings. The smallest absolute Gasteiger partial charge is 0.212 e. The Kier molecular flexibility index (Phi) is 2.05. The van der Waals surface area contributed by atoms with Gasteiger partial charge in [0.15, 0.2) is 0 Å². The second-order valence-corrected chi connectivity index (χ2v) is 7.62. The lowest BCUT2D eigenvalue weighted by Gasteiger charge is -2.20. The molecule has 4 heteroatoms. The van der Waals surface area contributed by atoms with E-state index in [0.29, 0.717) is 0 Å². The SMILES string of the molecule is CC(C)(C)S(=O)(=O)N1C2CC=CCC21. The highest BCUT2D eigenvalue weighted by Gasteiger charge is 2.57. The molecule has 0 radical (unpaired) electrons. The Labute approximate surface area is 85.8 Å².